The minimum Gasteiger partial charge on any atom is -0.496 e. The smallest absolute Gasteiger partial charge is 0.341 e. The molecule has 4 nitrogen and oxygen atoms in total. The summed E-state index contributed by atoms with van der Waals surface area (Å²) in [7, 11) is 2.93. The maximum absolute atomic E-state index is 11.6. The van der Waals surface area contributed by atoms with E-state index >= 15 is 0 Å². The maximum atomic E-state index is 11.6. The lowest BCUT2D eigenvalue weighted by atomic mass is 10.0. The van der Waals surface area contributed by atoms with E-state index in [4.69, 9.17) is 9.47 Å². The van der Waals surface area contributed by atoms with Crippen molar-refractivity contribution in [3.63, 3.8) is 0 Å². The molecule has 1 aliphatic rings. The average Bonchev–Trinajstić information content (AvgIpc) is 2.91. The Balaban J connectivity index is 0.00000162. The van der Waals surface area contributed by atoms with E-state index in [1.165, 1.54) is 13.5 Å². The molecular formula is C13H18ClNO3. The van der Waals surface area contributed by atoms with Gasteiger partial charge in [-0.2, -0.15) is 0 Å². The van der Waals surface area contributed by atoms with Crippen LogP contribution in [0.15, 0.2) is 18.2 Å². The van der Waals surface area contributed by atoms with Gasteiger partial charge in [0.2, 0.25) is 0 Å². The lowest BCUT2D eigenvalue weighted by Gasteiger charge is -2.13. The van der Waals surface area contributed by atoms with Crippen molar-refractivity contribution in [1.82, 2.24) is 5.32 Å². The molecule has 1 N–H and O–H groups in total. The van der Waals surface area contributed by atoms with Crippen LogP contribution in [0.4, 0.5) is 0 Å². The molecular weight excluding hydrogens is 254 g/mol. The van der Waals surface area contributed by atoms with Crippen LogP contribution < -0.4 is 10.1 Å². The summed E-state index contributed by atoms with van der Waals surface area (Å²) in [6.45, 7) is 1.03. The standard InChI is InChI=1S/C13H17NO3.ClH/c1-16-12-6-5-9(11-4-3-7-14-11)8-10(12)13(15)17-2;/h5-6,8,11,14H,3-4,7H2,1-2H3;1H. The highest BCUT2D eigenvalue weighted by Crippen LogP contribution is 2.28. The van der Waals surface area contributed by atoms with Crippen LogP contribution in [0.2, 0.25) is 0 Å². The largest absolute Gasteiger partial charge is 0.496 e. The number of ether oxygens (including phenoxy) is 2. The first kappa shape index (κ1) is 14.8. The Morgan fingerprint density at radius 3 is 2.72 bits per heavy atom. The predicted molar refractivity (Wildman–Crippen MR) is 71.6 cm³/mol. The van der Waals surface area contributed by atoms with Crippen molar-refractivity contribution in [2.24, 2.45) is 0 Å². The van der Waals surface area contributed by atoms with Crippen LogP contribution in [-0.2, 0) is 4.74 Å². The van der Waals surface area contributed by atoms with Gasteiger partial charge in [-0.15, -0.1) is 12.4 Å². The van der Waals surface area contributed by atoms with Crippen LogP contribution in [0, 0.1) is 0 Å². The lowest BCUT2D eigenvalue weighted by Crippen LogP contribution is -2.14. The Bertz CT molecular complexity index is 417. The van der Waals surface area contributed by atoms with Crippen molar-refractivity contribution in [2.75, 3.05) is 20.8 Å². The Kier molecular flexibility index (Phi) is 5.44. The highest BCUT2D eigenvalue weighted by Gasteiger charge is 2.20. The molecule has 0 bridgehead atoms. The molecule has 1 aromatic rings. The molecule has 18 heavy (non-hydrogen) atoms. The summed E-state index contributed by atoms with van der Waals surface area (Å²) in [5.74, 6) is 0.195. The fraction of sp³-hybridized carbons (Fsp3) is 0.462. The highest BCUT2D eigenvalue weighted by atomic mass is 35.5. The summed E-state index contributed by atoms with van der Waals surface area (Å²) in [6, 6.07) is 6.01. The van der Waals surface area contributed by atoms with Gasteiger partial charge in [0.05, 0.1) is 14.2 Å². The zero-order valence-corrected chi connectivity index (χ0v) is 11.4. The summed E-state index contributed by atoms with van der Waals surface area (Å²) in [5.41, 5.74) is 1.60. The molecule has 1 fully saturated rings. The van der Waals surface area contributed by atoms with Crippen molar-refractivity contribution in [3.8, 4) is 5.75 Å². The number of hydrogen-bond donors (Lipinski definition) is 1. The number of esters is 1. The Hall–Kier alpha value is -1.26. The number of halogens is 1. The number of carbonyl (C=O) groups is 1. The maximum Gasteiger partial charge on any atom is 0.341 e. The third-order valence-electron chi connectivity index (χ3n) is 3.09. The molecule has 1 saturated heterocycles. The summed E-state index contributed by atoms with van der Waals surface area (Å²) in [5, 5.41) is 3.40. The van der Waals surface area contributed by atoms with Crippen LogP contribution in [0.25, 0.3) is 0 Å². The SMILES string of the molecule is COC(=O)c1cc(C2CCCN2)ccc1OC.Cl. The van der Waals surface area contributed by atoms with Crippen molar-refractivity contribution in [3.05, 3.63) is 29.3 Å². The van der Waals surface area contributed by atoms with Crippen molar-refractivity contribution >= 4 is 18.4 Å². The van der Waals surface area contributed by atoms with E-state index in [1.54, 1.807) is 7.11 Å². The van der Waals surface area contributed by atoms with E-state index in [2.05, 4.69) is 5.32 Å². The van der Waals surface area contributed by atoms with Gasteiger partial charge < -0.3 is 14.8 Å². The predicted octanol–water partition coefficient (Wildman–Crippen LogP) is 2.33. The van der Waals surface area contributed by atoms with Gasteiger partial charge in [-0.05, 0) is 37.1 Å². The number of rotatable bonds is 3. The zero-order chi connectivity index (χ0) is 12.3. The van der Waals surface area contributed by atoms with E-state index < -0.39 is 0 Å². The lowest BCUT2D eigenvalue weighted by molar-refractivity contribution is 0.0597. The molecule has 0 radical (unpaired) electrons. The molecule has 0 aromatic heterocycles. The van der Waals surface area contributed by atoms with Gasteiger partial charge in [0.1, 0.15) is 11.3 Å². The molecule has 0 amide bonds. The monoisotopic (exact) mass is 271 g/mol. The molecule has 0 aliphatic carbocycles. The van der Waals surface area contributed by atoms with Crippen molar-refractivity contribution in [2.45, 2.75) is 18.9 Å². The van der Waals surface area contributed by atoms with Crippen LogP contribution in [0.5, 0.6) is 5.75 Å². The normalized spacial score (nSPS) is 18.0. The molecule has 5 heteroatoms. The third-order valence-corrected chi connectivity index (χ3v) is 3.09. The van der Waals surface area contributed by atoms with Crippen molar-refractivity contribution in [1.29, 1.82) is 0 Å². The Labute approximate surface area is 113 Å². The highest BCUT2D eigenvalue weighted by molar-refractivity contribution is 5.92. The third kappa shape index (κ3) is 2.94. The van der Waals surface area contributed by atoms with E-state index in [0.29, 0.717) is 17.4 Å². The van der Waals surface area contributed by atoms with Gasteiger partial charge in [0.15, 0.2) is 0 Å². The van der Waals surface area contributed by atoms with Gasteiger partial charge in [0.25, 0.3) is 0 Å². The molecule has 1 unspecified atom stereocenters. The van der Waals surface area contributed by atoms with Crippen LogP contribution >= 0.6 is 12.4 Å². The second kappa shape index (κ2) is 6.61. The molecule has 100 valence electrons. The molecule has 1 heterocycles. The fourth-order valence-electron chi connectivity index (χ4n) is 2.18. The fourth-order valence-corrected chi connectivity index (χ4v) is 2.18. The molecule has 0 saturated carbocycles. The van der Waals surface area contributed by atoms with Crippen LogP contribution in [0.3, 0.4) is 0 Å². The molecule has 0 spiro atoms. The number of carbonyl (C=O) groups excluding carboxylic acids is 1. The van der Waals surface area contributed by atoms with E-state index in [0.717, 1.165) is 18.5 Å². The quantitative estimate of drug-likeness (QED) is 0.857. The summed E-state index contributed by atoms with van der Waals surface area (Å²) >= 11 is 0. The van der Waals surface area contributed by atoms with E-state index in [9.17, 15) is 4.79 Å². The van der Waals surface area contributed by atoms with Gasteiger partial charge in [0, 0.05) is 6.04 Å². The number of nitrogens with one attached hydrogen (secondary N) is 1. The molecule has 1 aromatic carbocycles. The summed E-state index contributed by atoms with van der Waals surface area (Å²) < 4.78 is 9.92. The van der Waals surface area contributed by atoms with Gasteiger partial charge in [-0.25, -0.2) is 4.79 Å². The van der Waals surface area contributed by atoms with Crippen molar-refractivity contribution < 1.29 is 14.3 Å². The number of benzene rings is 1. The Morgan fingerprint density at radius 1 is 1.39 bits per heavy atom. The zero-order valence-electron chi connectivity index (χ0n) is 10.6. The minimum atomic E-state index is -0.360. The van der Waals surface area contributed by atoms with E-state index in [1.807, 2.05) is 18.2 Å². The topological polar surface area (TPSA) is 47.6 Å². The molecule has 2 rings (SSSR count). The number of methoxy groups -OCH3 is 2. The first-order valence-corrected chi connectivity index (χ1v) is 5.76. The second-order valence-corrected chi connectivity index (χ2v) is 4.10. The molecule has 1 aliphatic heterocycles. The summed E-state index contributed by atoms with van der Waals surface area (Å²) in [6.07, 6.45) is 2.27. The van der Waals surface area contributed by atoms with Crippen LogP contribution in [0.1, 0.15) is 34.8 Å². The van der Waals surface area contributed by atoms with E-state index in [-0.39, 0.29) is 18.4 Å². The molecule has 1 atom stereocenters. The minimum absolute atomic E-state index is 0. The second-order valence-electron chi connectivity index (χ2n) is 4.10. The number of hydrogen-bond acceptors (Lipinski definition) is 4. The van der Waals surface area contributed by atoms with Gasteiger partial charge in [-0.1, -0.05) is 6.07 Å². The van der Waals surface area contributed by atoms with Crippen LogP contribution in [-0.4, -0.2) is 26.7 Å². The van der Waals surface area contributed by atoms with Gasteiger partial charge >= 0.3 is 5.97 Å². The average molecular weight is 272 g/mol. The summed E-state index contributed by atoms with van der Waals surface area (Å²) in [4.78, 5) is 11.6. The van der Waals surface area contributed by atoms with Gasteiger partial charge in [-0.3, -0.25) is 0 Å². The first-order valence-electron chi connectivity index (χ1n) is 5.76. The first-order chi connectivity index (χ1) is 8.26. The Morgan fingerprint density at radius 2 is 2.17 bits per heavy atom.